The van der Waals surface area contributed by atoms with Crippen molar-refractivity contribution < 1.29 is 9.84 Å². The van der Waals surface area contributed by atoms with Crippen LogP contribution in [0.3, 0.4) is 0 Å². The van der Waals surface area contributed by atoms with E-state index in [4.69, 9.17) is 4.74 Å². The Hall–Kier alpha value is -1.06. The summed E-state index contributed by atoms with van der Waals surface area (Å²) in [6, 6.07) is 4.60. The summed E-state index contributed by atoms with van der Waals surface area (Å²) < 4.78 is 5.79. The monoisotopic (exact) mass is 265 g/mol. The van der Waals surface area contributed by atoms with Gasteiger partial charge in [-0.05, 0) is 43.0 Å². The minimum Gasteiger partial charge on any atom is -0.491 e. The minimum atomic E-state index is -0.479. The average Bonchev–Trinajstić information content (AvgIpc) is 2.33. The van der Waals surface area contributed by atoms with Crippen molar-refractivity contribution in [2.24, 2.45) is 0 Å². The van der Waals surface area contributed by atoms with Crippen molar-refractivity contribution in [3.8, 4) is 5.75 Å². The van der Waals surface area contributed by atoms with Gasteiger partial charge in [0.25, 0.3) is 0 Å². The zero-order valence-corrected chi connectivity index (χ0v) is 12.8. The van der Waals surface area contributed by atoms with Gasteiger partial charge < -0.3 is 15.2 Å². The Balaban J connectivity index is 2.62. The number of rotatable bonds is 7. The predicted octanol–water partition coefficient (Wildman–Crippen LogP) is 2.60. The largest absolute Gasteiger partial charge is 0.491 e. The number of benzene rings is 1. The summed E-state index contributed by atoms with van der Waals surface area (Å²) in [7, 11) is 0. The van der Waals surface area contributed by atoms with Gasteiger partial charge in [-0.1, -0.05) is 26.8 Å². The van der Waals surface area contributed by atoms with Crippen molar-refractivity contribution in [1.82, 2.24) is 5.32 Å². The summed E-state index contributed by atoms with van der Waals surface area (Å²) in [6.45, 7) is 11.3. The molecule has 1 aromatic rings. The van der Waals surface area contributed by atoms with E-state index >= 15 is 0 Å². The van der Waals surface area contributed by atoms with Gasteiger partial charge in [0.2, 0.25) is 0 Å². The highest BCUT2D eigenvalue weighted by Gasteiger charge is 2.10. The Labute approximate surface area is 117 Å². The zero-order valence-electron chi connectivity index (χ0n) is 12.8. The third kappa shape index (κ3) is 5.21. The normalized spacial score (nSPS) is 12.8. The van der Waals surface area contributed by atoms with Crippen LogP contribution in [0.4, 0.5) is 0 Å². The lowest BCUT2D eigenvalue weighted by atomic mass is 10.0. The van der Waals surface area contributed by atoms with Gasteiger partial charge in [-0.25, -0.2) is 0 Å². The molecule has 1 aromatic carbocycles. The molecule has 0 aliphatic rings. The van der Waals surface area contributed by atoms with E-state index < -0.39 is 6.10 Å². The molecule has 0 bridgehead atoms. The smallest absolute Gasteiger partial charge is 0.123 e. The van der Waals surface area contributed by atoms with E-state index in [1.54, 1.807) is 0 Å². The van der Waals surface area contributed by atoms with E-state index in [1.165, 1.54) is 16.7 Å². The molecule has 0 amide bonds. The van der Waals surface area contributed by atoms with Crippen LogP contribution in [0, 0.1) is 13.8 Å². The van der Waals surface area contributed by atoms with Crippen LogP contribution in [0.25, 0.3) is 0 Å². The minimum absolute atomic E-state index is 0.329. The molecule has 0 aromatic heterocycles. The van der Waals surface area contributed by atoms with E-state index in [-0.39, 0.29) is 0 Å². The Morgan fingerprint density at radius 3 is 2.53 bits per heavy atom. The van der Waals surface area contributed by atoms with Crippen LogP contribution in [0.15, 0.2) is 12.1 Å². The molecule has 0 fully saturated rings. The van der Waals surface area contributed by atoms with Gasteiger partial charge in [0, 0.05) is 12.6 Å². The molecule has 1 atom stereocenters. The molecule has 1 rings (SSSR count). The van der Waals surface area contributed by atoms with Crippen LogP contribution >= 0.6 is 0 Å². The first kappa shape index (κ1) is 16.0. The summed E-state index contributed by atoms with van der Waals surface area (Å²) in [4.78, 5) is 0. The molecule has 0 aliphatic carbocycles. The van der Waals surface area contributed by atoms with Crippen molar-refractivity contribution in [1.29, 1.82) is 0 Å². The molecule has 3 heteroatoms. The standard InChI is InChI=1S/C16H27NO2/c1-6-15-13(5)7-12(4)8-16(15)19-10-14(18)9-17-11(2)3/h7-8,11,14,17-18H,6,9-10H2,1-5H3. The third-order valence-corrected chi connectivity index (χ3v) is 3.12. The van der Waals surface area contributed by atoms with Crippen LogP contribution in [0.1, 0.15) is 37.5 Å². The summed E-state index contributed by atoms with van der Waals surface area (Å²) >= 11 is 0. The maximum atomic E-state index is 9.87. The topological polar surface area (TPSA) is 41.5 Å². The number of hydrogen-bond donors (Lipinski definition) is 2. The van der Waals surface area contributed by atoms with Crippen LogP contribution in [0.2, 0.25) is 0 Å². The Kier molecular flexibility index (Phi) is 6.32. The first-order valence-corrected chi connectivity index (χ1v) is 7.08. The lowest BCUT2D eigenvalue weighted by Gasteiger charge is -2.18. The highest BCUT2D eigenvalue weighted by molar-refractivity contribution is 5.43. The number of nitrogens with one attached hydrogen (secondary N) is 1. The molecule has 0 aliphatic heterocycles. The van der Waals surface area contributed by atoms with Crippen molar-refractivity contribution in [2.75, 3.05) is 13.2 Å². The van der Waals surface area contributed by atoms with Gasteiger partial charge in [0.05, 0.1) is 0 Å². The molecule has 2 N–H and O–H groups in total. The summed E-state index contributed by atoms with van der Waals surface area (Å²) in [5, 5.41) is 13.1. The van der Waals surface area contributed by atoms with Gasteiger partial charge in [-0.15, -0.1) is 0 Å². The summed E-state index contributed by atoms with van der Waals surface area (Å²) in [5.41, 5.74) is 3.68. The molecule has 0 saturated carbocycles. The number of hydrogen-bond acceptors (Lipinski definition) is 3. The van der Waals surface area contributed by atoms with Gasteiger partial charge in [0.15, 0.2) is 0 Å². The van der Waals surface area contributed by atoms with Gasteiger partial charge in [0.1, 0.15) is 18.5 Å². The maximum Gasteiger partial charge on any atom is 0.123 e. The molecule has 19 heavy (non-hydrogen) atoms. The van der Waals surface area contributed by atoms with Crippen LogP contribution in [-0.2, 0) is 6.42 Å². The molecule has 0 saturated heterocycles. The molecule has 108 valence electrons. The average molecular weight is 265 g/mol. The van der Waals surface area contributed by atoms with Gasteiger partial charge >= 0.3 is 0 Å². The lowest BCUT2D eigenvalue weighted by Crippen LogP contribution is -2.35. The van der Waals surface area contributed by atoms with Crippen LogP contribution < -0.4 is 10.1 Å². The van der Waals surface area contributed by atoms with Crippen molar-refractivity contribution >= 4 is 0 Å². The fourth-order valence-electron chi connectivity index (χ4n) is 2.16. The van der Waals surface area contributed by atoms with E-state index in [0.29, 0.717) is 19.2 Å². The first-order chi connectivity index (χ1) is 8.93. The van der Waals surface area contributed by atoms with E-state index in [2.05, 4.69) is 52.1 Å². The quantitative estimate of drug-likeness (QED) is 0.796. The van der Waals surface area contributed by atoms with Crippen molar-refractivity contribution in [2.45, 2.75) is 53.2 Å². The van der Waals surface area contributed by atoms with Crippen molar-refractivity contribution in [3.63, 3.8) is 0 Å². The highest BCUT2D eigenvalue weighted by Crippen LogP contribution is 2.25. The van der Waals surface area contributed by atoms with E-state index in [0.717, 1.165) is 12.2 Å². The van der Waals surface area contributed by atoms with Gasteiger partial charge in [-0.2, -0.15) is 0 Å². The Bertz CT molecular complexity index is 402. The summed E-state index contributed by atoms with van der Waals surface area (Å²) in [5.74, 6) is 0.906. The molecular formula is C16H27NO2. The van der Waals surface area contributed by atoms with Crippen LogP contribution in [-0.4, -0.2) is 30.4 Å². The second-order valence-corrected chi connectivity index (χ2v) is 5.44. The molecule has 0 heterocycles. The fraction of sp³-hybridized carbons (Fsp3) is 0.625. The molecule has 0 radical (unpaired) electrons. The third-order valence-electron chi connectivity index (χ3n) is 3.12. The molecule has 0 spiro atoms. The number of ether oxygens (including phenoxy) is 1. The fourth-order valence-corrected chi connectivity index (χ4v) is 2.16. The second-order valence-electron chi connectivity index (χ2n) is 5.44. The van der Waals surface area contributed by atoms with Gasteiger partial charge in [-0.3, -0.25) is 0 Å². The zero-order chi connectivity index (χ0) is 14.4. The molecule has 1 unspecified atom stereocenters. The highest BCUT2D eigenvalue weighted by atomic mass is 16.5. The SMILES string of the molecule is CCc1c(C)cc(C)cc1OCC(O)CNC(C)C. The van der Waals surface area contributed by atoms with E-state index in [9.17, 15) is 5.11 Å². The first-order valence-electron chi connectivity index (χ1n) is 7.08. The lowest BCUT2D eigenvalue weighted by molar-refractivity contribution is 0.104. The second kappa shape index (κ2) is 7.51. The number of aryl methyl sites for hydroxylation is 2. The Morgan fingerprint density at radius 2 is 1.95 bits per heavy atom. The molecule has 3 nitrogen and oxygen atoms in total. The molecular weight excluding hydrogens is 238 g/mol. The Morgan fingerprint density at radius 1 is 1.26 bits per heavy atom. The van der Waals surface area contributed by atoms with Crippen molar-refractivity contribution in [3.05, 3.63) is 28.8 Å². The predicted molar refractivity (Wildman–Crippen MR) is 79.9 cm³/mol. The van der Waals surface area contributed by atoms with E-state index in [1.807, 2.05) is 0 Å². The number of aliphatic hydroxyl groups is 1. The maximum absolute atomic E-state index is 9.87. The summed E-state index contributed by atoms with van der Waals surface area (Å²) in [6.07, 6.45) is 0.467. The number of aliphatic hydroxyl groups excluding tert-OH is 1. The van der Waals surface area contributed by atoms with Crippen LogP contribution in [0.5, 0.6) is 5.75 Å².